The molecule has 0 amide bonds. The molecular weight excluding hydrogens is 228 g/mol. The lowest BCUT2D eigenvalue weighted by molar-refractivity contribution is 0.700. The average Bonchev–Trinajstić information content (AvgIpc) is 3.14. The van der Waals surface area contributed by atoms with E-state index in [-0.39, 0.29) is 5.38 Å². The summed E-state index contributed by atoms with van der Waals surface area (Å²) in [6.45, 7) is 0. The largest absolute Gasteiger partial charge is 0.118 e. The van der Waals surface area contributed by atoms with Crippen LogP contribution in [0.1, 0.15) is 43.6 Å². The van der Waals surface area contributed by atoms with Gasteiger partial charge in [0.2, 0.25) is 0 Å². The monoisotopic (exact) mass is 246 g/mol. The maximum atomic E-state index is 6.31. The first-order valence-corrected chi connectivity index (χ1v) is 7.18. The summed E-state index contributed by atoms with van der Waals surface area (Å²) in [4.78, 5) is 0. The smallest absolute Gasteiger partial charge is 0.0518 e. The van der Waals surface area contributed by atoms with Gasteiger partial charge >= 0.3 is 0 Å². The Balaban J connectivity index is 1.72. The van der Waals surface area contributed by atoms with E-state index in [1.54, 1.807) is 5.57 Å². The third-order valence-corrected chi connectivity index (χ3v) is 4.43. The zero-order valence-corrected chi connectivity index (χ0v) is 10.9. The minimum absolute atomic E-state index is 0.282. The van der Waals surface area contributed by atoms with E-state index in [1.807, 2.05) is 0 Å². The van der Waals surface area contributed by atoms with Crippen molar-refractivity contribution in [1.29, 1.82) is 0 Å². The quantitative estimate of drug-likeness (QED) is 0.514. The fourth-order valence-electron chi connectivity index (χ4n) is 3.05. The van der Waals surface area contributed by atoms with Crippen LogP contribution in [0.25, 0.3) is 0 Å². The second-order valence-electron chi connectivity index (χ2n) is 5.36. The molecule has 0 nitrogen and oxygen atoms in total. The number of rotatable bonds is 2. The van der Waals surface area contributed by atoms with E-state index in [0.717, 1.165) is 18.3 Å². The highest BCUT2D eigenvalue weighted by Crippen LogP contribution is 2.53. The van der Waals surface area contributed by atoms with E-state index in [4.69, 9.17) is 11.6 Å². The first kappa shape index (κ1) is 11.3. The number of hydrogen-bond donors (Lipinski definition) is 0. The molecule has 1 saturated carbocycles. The Morgan fingerprint density at radius 1 is 1.00 bits per heavy atom. The van der Waals surface area contributed by atoms with Crippen LogP contribution in [-0.2, 0) is 0 Å². The van der Waals surface area contributed by atoms with Crippen molar-refractivity contribution in [2.45, 2.75) is 43.4 Å². The lowest BCUT2D eigenvalue weighted by Crippen LogP contribution is -1.94. The van der Waals surface area contributed by atoms with Gasteiger partial charge in [0.25, 0.3) is 0 Å². The van der Waals surface area contributed by atoms with Crippen LogP contribution in [-0.4, -0.2) is 5.38 Å². The first-order chi connectivity index (χ1) is 8.34. The highest BCUT2D eigenvalue weighted by Gasteiger charge is 2.40. The minimum atomic E-state index is 0.282. The van der Waals surface area contributed by atoms with E-state index in [0.29, 0.717) is 0 Å². The SMILES string of the molecule is ClC1C=C(C2CC2c2ccccc2)CCCC1. The summed E-state index contributed by atoms with van der Waals surface area (Å²) in [5, 5.41) is 0.282. The molecule has 2 aliphatic rings. The van der Waals surface area contributed by atoms with Crippen molar-refractivity contribution < 1.29 is 0 Å². The maximum Gasteiger partial charge on any atom is 0.0518 e. The summed E-state index contributed by atoms with van der Waals surface area (Å²) in [7, 11) is 0. The highest BCUT2D eigenvalue weighted by molar-refractivity contribution is 6.21. The fraction of sp³-hybridized carbons (Fsp3) is 0.500. The molecule has 90 valence electrons. The molecule has 0 aliphatic heterocycles. The molecule has 0 bridgehead atoms. The number of hydrogen-bond acceptors (Lipinski definition) is 0. The summed E-state index contributed by atoms with van der Waals surface area (Å²) in [5.74, 6) is 1.56. The third kappa shape index (κ3) is 2.57. The van der Waals surface area contributed by atoms with E-state index in [2.05, 4.69) is 36.4 Å². The van der Waals surface area contributed by atoms with Crippen molar-refractivity contribution >= 4 is 11.6 Å². The summed E-state index contributed by atoms with van der Waals surface area (Å²) in [6, 6.07) is 10.9. The zero-order valence-electron chi connectivity index (χ0n) is 10.1. The first-order valence-electron chi connectivity index (χ1n) is 6.74. The molecule has 0 spiro atoms. The van der Waals surface area contributed by atoms with E-state index in [9.17, 15) is 0 Å². The molecule has 0 heterocycles. The van der Waals surface area contributed by atoms with Gasteiger partial charge in [0, 0.05) is 0 Å². The van der Waals surface area contributed by atoms with Crippen molar-refractivity contribution in [2.75, 3.05) is 0 Å². The summed E-state index contributed by atoms with van der Waals surface area (Å²) in [5.41, 5.74) is 3.14. The van der Waals surface area contributed by atoms with Gasteiger partial charge in [0.1, 0.15) is 0 Å². The number of halogens is 1. The highest BCUT2D eigenvalue weighted by atomic mass is 35.5. The van der Waals surface area contributed by atoms with Crippen LogP contribution in [0.2, 0.25) is 0 Å². The Bertz CT molecular complexity index is 407. The second-order valence-corrected chi connectivity index (χ2v) is 5.92. The molecule has 1 aromatic rings. The number of benzene rings is 1. The van der Waals surface area contributed by atoms with Gasteiger partial charge in [-0.3, -0.25) is 0 Å². The molecule has 0 aromatic heterocycles. The van der Waals surface area contributed by atoms with Crippen molar-refractivity contribution in [3.05, 3.63) is 47.5 Å². The van der Waals surface area contributed by atoms with Gasteiger partial charge < -0.3 is 0 Å². The molecule has 3 atom stereocenters. The molecule has 1 aromatic carbocycles. The van der Waals surface area contributed by atoms with Gasteiger partial charge in [0.15, 0.2) is 0 Å². The third-order valence-electron chi connectivity index (χ3n) is 4.08. The molecular formula is C16H19Cl. The van der Waals surface area contributed by atoms with Crippen LogP contribution in [0.5, 0.6) is 0 Å². The van der Waals surface area contributed by atoms with Crippen LogP contribution in [0.3, 0.4) is 0 Å². The topological polar surface area (TPSA) is 0 Å². The number of allylic oxidation sites excluding steroid dienone is 2. The summed E-state index contributed by atoms with van der Waals surface area (Å²) < 4.78 is 0. The molecule has 0 radical (unpaired) electrons. The van der Waals surface area contributed by atoms with Crippen LogP contribution in [0, 0.1) is 5.92 Å². The Morgan fingerprint density at radius 3 is 2.65 bits per heavy atom. The fourth-order valence-corrected chi connectivity index (χ4v) is 3.37. The Morgan fingerprint density at radius 2 is 1.82 bits per heavy atom. The van der Waals surface area contributed by atoms with Crippen molar-refractivity contribution in [2.24, 2.45) is 5.92 Å². The van der Waals surface area contributed by atoms with E-state index >= 15 is 0 Å². The predicted molar refractivity (Wildman–Crippen MR) is 73.5 cm³/mol. The van der Waals surface area contributed by atoms with Crippen LogP contribution < -0.4 is 0 Å². The van der Waals surface area contributed by atoms with Gasteiger partial charge in [-0.2, -0.15) is 0 Å². The van der Waals surface area contributed by atoms with Crippen LogP contribution >= 0.6 is 11.6 Å². The predicted octanol–water partition coefficient (Wildman–Crippen LogP) is 4.90. The second kappa shape index (κ2) is 4.86. The van der Waals surface area contributed by atoms with E-state index in [1.165, 1.54) is 31.2 Å². The molecule has 2 aliphatic carbocycles. The van der Waals surface area contributed by atoms with Crippen molar-refractivity contribution in [1.82, 2.24) is 0 Å². The Labute approximate surface area is 109 Å². The van der Waals surface area contributed by atoms with Crippen molar-refractivity contribution in [3.8, 4) is 0 Å². The Hall–Kier alpha value is -0.750. The van der Waals surface area contributed by atoms with Crippen LogP contribution in [0.15, 0.2) is 42.0 Å². The van der Waals surface area contributed by atoms with Gasteiger partial charge in [-0.15, -0.1) is 11.6 Å². The van der Waals surface area contributed by atoms with Crippen LogP contribution in [0.4, 0.5) is 0 Å². The Kier molecular flexibility index (Phi) is 3.24. The van der Waals surface area contributed by atoms with Gasteiger partial charge in [0.05, 0.1) is 5.38 Å². The maximum absolute atomic E-state index is 6.31. The van der Waals surface area contributed by atoms with Crippen molar-refractivity contribution in [3.63, 3.8) is 0 Å². The molecule has 0 N–H and O–H groups in total. The average molecular weight is 247 g/mol. The molecule has 1 heteroatoms. The van der Waals surface area contributed by atoms with Gasteiger partial charge in [-0.05, 0) is 43.1 Å². The molecule has 0 saturated heterocycles. The zero-order chi connectivity index (χ0) is 11.7. The normalized spacial score (nSPS) is 32.8. The standard InChI is InChI=1S/C16H19Cl/c17-14-9-5-4-8-13(10-14)16-11-15(16)12-6-2-1-3-7-12/h1-3,6-7,10,14-16H,4-5,8-9,11H2. The summed E-state index contributed by atoms with van der Waals surface area (Å²) in [6.07, 6.45) is 8.73. The molecule has 3 unspecified atom stereocenters. The van der Waals surface area contributed by atoms with Gasteiger partial charge in [-0.1, -0.05) is 48.4 Å². The number of alkyl halides is 1. The van der Waals surface area contributed by atoms with E-state index < -0.39 is 0 Å². The molecule has 3 rings (SSSR count). The lowest BCUT2D eigenvalue weighted by atomic mass is 10.0. The summed E-state index contributed by atoms with van der Waals surface area (Å²) >= 11 is 6.31. The molecule has 17 heavy (non-hydrogen) atoms. The lowest BCUT2D eigenvalue weighted by Gasteiger charge is -2.05. The minimum Gasteiger partial charge on any atom is -0.118 e. The van der Waals surface area contributed by atoms with Gasteiger partial charge in [-0.25, -0.2) is 0 Å². The molecule has 1 fully saturated rings.